The number of benzene rings is 2. The highest BCUT2D eigenvalue weighted by Gasteiger charge is 2.13. The second-order valence-corrected chi connectivity index (χ2v) is 6.57. The van der Waals surface area contributed by atoms with E-state index < -0.39 is 5.56 Å². The number of rotatable bonds is 9. The Balaban J connectivity index is 1.87. The third-order valence-electron chi connectivity index (χ3n) is 4.43. The van der Waals surface area contributed by atoms with Crippen molar-refractivity contribution in [3.63, 3.8) is 0 Å². The van der Waals surface area contributed by atoms with Crippen LogP contribution < -0.4 is 20.5 Å². The van der Waals surface area contributed by atoms with Crippen molar-refractivity contribution in [2.75, 3.05) is 19.1 Å². The van der Waals surface area contributed by atoms with Gasteiger partial charge < -0.3 is 9.47 Å². The Kier molecular flexibility index (Phi) is 7.38. The Morgan fingerprint density at radius 2 is 2.03 bits per heavy atom. The van der Waals surface area contributed by atoms with Gasteiger partial charge in [0, 0.05) is 11.1 Å². The van der Waals surface area contributed by atoms with Gasteiger partial charge >= 0.3 is 0 Å². The predicted octanol–water partition coefficient (Wildman–Crippen LogP) is 3.94. The van der Waals surface area contributed by atoms with Gasteiger partial charge in [0.25, 0.3) is 5.56 Å². The molecule has 0 unspecified atom stereocenters. The molecule has 0 fully saturated rings. The number of nitriles is 1. The molecule has 31 heavy (non-hydrogen) atoms. The number of unbranched alkanes of at least 4 members (excludes halogenated alkanes) is 1. The second kappa shape index (κ2) is 10.6. The molecule has 158 valence electrons. The lowest BCUT2D eigenvalue weighted by molar-refractivity contribution is 0.288. The van der Waals surface area contributed by atoms with Crippen LogP contribution in [0.1, 0.15) is 30.9 Å². The van der Waals surface area contributed by atoms with Gasteiger partial charge in [0.2, 0.25) is 5.95 Å². The normalized spacial score (nSPS) is 10.6. The molecule has 0 aliphatic rings. The zero-order valence-electron chi connectivity index (χ0n) is 17.4. The van der Waals surface area contributed by atoms with E-state index in [4.69, 9.17) is 9.47 Å². The monoisotopic (exact) mass is 417 g/mol. The van der Waals surface area contributed by atoms with E-state index in [9.17, 15) is 10.1 Å². The first-order valence-electron chi connectivity index (χ1n) is 9.86. The Labute approximate surface area is 180 Å². The molecule has 0 bridgehead atoms. The fourth-order valence-corrected chi connectivity index (χ4v) is 2.87. The molecule has 2 aromatic carbocycles. The maximum Gasteiger partial charge on any atom is 0.270 e. The molecule has 0 atom stereocenters. The number of hydrazone groups is 1. The molecule has 0 saturated heterocycles. The molecule has 0 radical (unpaired) electrons. The van der Waals surface area contributed by atoms with Gasteiger partial charge in [-0.05, 0) is 18.6 Å². The minimum Gasteiger partial charge on any atom is -0.493 e. The molecule has 2 N–H and O–H groups in total. The molecule has 0 amide bonds. The second-order valence-electron chi connectivity index (χ2n) is 6.57. The number of hydrogen-bond acceptors (Lipinski definition) is 7. The van der Waals surface area contributed by atoms with E-state index in [0.717, 1.165) is 12.8 Å². The Hall–Kier alpha value is -4.12. The molecule has 1 aromatic heterocycles. The molecule has 0 saturated carbocycles. The largest absolute Gasteiger partial charge is 0.493 e. The third-order valence-corrected chi connectivity index (χ3v) is 4.43. The maximum atomic E-state index is 12.3. The summed E-state index contributed by atoms with van der Waals surface area (Å²) in [4.78, 5) is 19.2. The van der Waals surface area contributed by atoms with Crippen molar-refractivity contribution >= 4 is 12.2 Å². The molecular weight excluding hydrogens is 394 g/mol. The fraction of sp³-hybridized carbons (Fsp3) is 0.217. The van der Waals surface area contributed by atoms with Crippen LogP contribution in [0.5, 0.6) is 11.5 Å². The van der Waals surface area contributed by atoms with Gasteiger partial charge in [-0.2, -0.15) is 10.4 Å². The smallest absolute Gasteiger partial charge is 0.270 e. The van der Waals surface area contributed by atoms with Crippen LogP contribution in [-0.4, -0.2) is 29.9 Å². The maximum absolute atomic E-state index is 12.3. The van der Waals surface area contributed by atoms with E-state index in [0.29, 0.717) is 29.2 Å². The molecular formula is C23H23N5O3. The summed E-state index contributed by atoms with van der Waals surface area (Å²) >= 11 is 0. The van der Waals surface area contributed by atoms with E-state index in [-0.39, 0.29) is 17.2 Å². The molecule has 3 rings (SSSR count). The summed E-state index contributed by atoms with van der Waals surface area (Å²) in [5.41, 5.74) is 3.79. The number of aromatic amines is 1. The SMILES string of the molecule is CCCCOc1c(C=NNc2nc(-c3ccccc3)c(C#N)c(=O)[nH]2)cccc1OC. The average Bonchev–Trinajstić information content (AvgIpc) is 2.80. The Morgan fingerprint density at radius 1 is 1.23 bits per heavy atom. The van der Waals surface area contributed by atoms with Crippen LogP contribution >= 0.6 is 0 Å². The van der Waals surface area contributed by atoms with Crippen molar-refractivity contribution in [3.8, 4) is 28.8 Å². The van der Waals surface area contributed by atoms with Crippen molar-refractivity contribution in [2.45, 2.75) is 19.8 Å². The fourth-order valence-electron chi connectivity index (χ4n) is 2.87. The zero-order chi connectivity index (χ0) is 22.1. The first kappa shape index (κ1) is 21.6. The molecule has 0 aliphatic carbocycles. The van der Waals surface area contributed by atoms with Gasteiger partial charge in [0.1, 0.15) is 11.6 Å². The van der Waals surface area contributed by atoms with Crippen LogP contribution in [0.3, 0.4) is 0 Å². The van der Waals surface area contributed by atoms with Crippen LogP contribution in [0, 0.1) is 11.3 Å². The van der Waals surface area contributed by atoms with Crippen molar-refractivity contribution in [1.82, 2.24) is 9.97 Å². The summed E-state index contributed by atoms with van der Waals surface area (Å²) in [6.07, 6.45) is 3.50. The van der Waals surface area contributed by atoms with Gasteiger partial charge in [-0.15, -0.1) is 0 Å². The summed E-state index contributed by atoms with van der Waals surface area (Å²) in [7, 11) is 1.58. The quantitative estimate of drug-likeness (QED) is 0.310. The van der Waals surface area contributed by atoms with Crippen LogP contribution in [0.25, 0.3) is 11.3 Å². The highest BCUT2D eigenvalue weighted by Crippen LogP contribution is 2.30. The number of aromatic nitrogens is 2. The average molecular weight is 417 g/mol. The number of ether oxygens (including phenoxy) is 2. The number of anilines is 1. The first-order chi connectivity index (χ1) is 15.2. The molecule has 0 spiro atoms. The van der Waals surface area contributed by atoms with Crippen LogP contribution in [0.15, 0.2) is 58.4 Å². The van der Waals surface area contributed by atoms with E-state index in [1.165, 1.54) is 0 Å². The van der Waals surface area contributed by atoms with E-state index in [1.807, 2.05) is 42.5 Å². The third kappa shape index (κ3) is 5.28. The summed E-state index contributed by atoms with van der Waals surface area (Å²) in [6.45, 7) is 2.66. The van der Waals surface area contributed by atoms with E-state index in [1.54, 1.807) is 25.5 Å². The highest BCUT2D eigenvalue weighted by molar-refractivity contribution is 5.85. The van der Waals surface area contributed by atoms with Gasteiger partial charge in [0.05, 0.1) is 25.6 Å². The van der Waals surface area contributed by atoms with Crippen molar-refractivity contribution in [2.24, 2.45) is 5.10 Å². The van der Waals surface area contributed by atoms with Crippen molar-refractivity contribution < 1.29 is 9.47 Å². The topological polar surface area (TPSA) is 112 Å². The number of methoxy groups -OCH3 is 1. The molecule has 0 aliphatic heterocycles. The molecule has 1 heterocycles. The van der Waals surface area contributed by atoms with Gasteiger partial charge in [0.15, 0.2) is 11.5 Å². The minimum atomic E-state index is -0.543. The lowest BCUT2D eigenvalue weighted by atomic mass is 10.1. The number of nitrogens with one attached hydrogen (secondary N) is 2. The van der Waals surface area contributed by atoms with E-state index in [2.05, 4.69) is 27.4 Å². The van der Waals surface area contributed by atoms with Crippen LogP contribution in [0.2, 0.25) is 0 Å². The van der Waals surface area contributed by atoms with Gasteiger partial charge in [-0.25, -0.2) is 10.4 Å². The highest BCUT2D eigenvalue weighted by atomic mass is 16.5. The summed E-state index contributed by atoms with van der Waals surface area (Å²) < 4.78 is 11.3. The molecule has 8 nitrogen and oxygen atoms in total. The number of para-hydroxylation sites is 1. The number of nitrogens with zero attached hydrogens (tertiary/aromatic N) is 3. The van der Waals surface area contributed by atoms with Crippen LogP contribution in [0.4, 0.5) is 5.95 Å². The lowest BCUT2D eigenvalue weighted by Gasteiger charge is -2.12. The van der Waals surface area contributed by atoms with E-state index >= 15 is 0 Å². The lowest BCUT2D eigenvalue weighted by Crippen LogP contribution is -2.16. The standard InChI is InChI=1S/C23H23N5O3/c1-3-4-13-31-21-17(11-8-12-19(21)30-2)15-25-28-23-26-20(16-9-6-5-7-10-16)18(14-24)22(29)27-23/h5-12,15H,3-4,13H2,1-2H3,(H2,26,27,28,29). The predicted molar refractivity (Wildman–Crippen MR) is 120 cm³/mol. The number of H-pyrrole nitrogens is 1. The van der Waals surface area contributed by atoms with Crippen molar-refractivity contribution in [3.05, 3.63) is 70.0 Å². The Bertz CT molecular complexity index is 1150. The summed E-state index contributed by atoms with van der Waals surface area (Å²) in [6, 6.07) is 16.5. The summed E-state index contributed by atoms with van der Waals surface area (Å²) in [5, 5.41) is 13.5. The number of hydrogen-bond donors (Lipinski definition) is 2. The summed E-state index contributed by atoms with van der Waals surface area (Å²) in [5.74, 6) is 1.32. The first-order valence-corrected chi connectivity index (χ1v) is 9.86. The molecule has 8 heteroatoms. The van der Waals surface area contributed by atoms with Crippen molar-refractivity contribution in [1.29, 1.82) is 5.26 Å². The van der Waals surface area contributed by atoms with Crippen LogP contribution in [-0.2, 0) is 0 Å². The minimum absolute atomic E-state index is 0.0554. The van der Waals surface area contributed by atoms with Gasteiger partial charge in [-0.3, -0.25) is 9.78 Å². The Morgan fingerprint density at radius 3 is 2.74 bits per heavy atom. The molecule has 3 aromatic rings. The zero-order valence-corrected chi connectivity index (χ0v) is 17.4. The van der Waals surface area contributed by atoms with Gasteiger partial charge in [-0.1, -0.05) is 49.7 Å².